The molecule has 0 unspecified atom stereocenters. The number of phenolic OH excluding ortho intramolecular Hbond substituents is 1. The van der Waals surface area contributed by atoms with Crippen LogP contribution in [0.2, 0.25) is 0 Å². The van der Waals surface area contributed by atoms with Crippen LogP contribution in [-0.4, -0.2) is 37.7 Å². The van der Waals surface area contributed by atoms with Gasteiger partial charge in [-0.25, -0.2) is 5.43 Å². The Balaban J connectivity index is 1.50. The van der Waals surface area contributed by atoms with Gasteiger partial charge in [0.1, 0.15) is 5.75 Å². The van der Waals surface area contributed by atoms with Crippen LogP contribution in [0.15, 0.2) is 90.4 Å². The minimum absolute atomic E-state index is 0.0339. The van der Waals surface area contributed by atoms with Crippen molar-refractivity contribution in [3.05, 3.63) is 85.7 Å². The van der Waals surface area contributed by atoms with E-state index >= 15 is 0 Å². The predicted octanol–water partition coefficient (Wildman–Crippen LogP) is 6.17. The first-order valence-corrected chi connectivity index (χ1v) is 13.2. The highest BCUT2D eigenvalue weighted by atomic mass is 79.9. The number of hydrogen-bond donors (Lipinski definition) is 2. The van der Waals surface area contributed by atoms with Crippen LogP contribution < -0.4 is 5.43 Å². The molecule has 0 radical (unpaired) electrons. The van der Waals surface area contributed by atoms with Crippen LogP contribution in [0.25, 0.3) is 17.1 Å². The Morgan fingerprint density at radius 3 is 2.50 bits per heavy atom. The molecule has 11 heteroatoms. The van der Waals surface area contributed by atoms with Gasteiger partial charge in [-0.2, -0.15) is 5.10 Å². The average molecular weight is 666 g/mol. The number of carbonyl (C=O) groups excluding carboxylic acids is 1. The molecule has 7 nitrogen and oxygen atoms in total. The Bertz CT molecular complexity index is 1340. The number of amides is 1. The fraction of sp³-hybridized carbons (Fsp3) is 0.0435. The molecule has 172 valence electrons. The van der Waals surface area contributed by atoms with Crippen molar-refractivity contribution in [2.24, 2.45) is 5.10 Å². The number of nitrogens with one attached hydrogen (secondary N) is 1. The van der Waals surface area contributed by atoms with E-state index in [0.717, 1.165) is 20.2 Å². The highest BCUT2D eigenvalue weighted by molar-refractivity contribution is 9.11. The predicted molar refractivity (Wildman–Crippen MR) is 144 cm³/mol. The molecular formula is C23H16Br3N5O2S. The normalized spacial score (nSPS) is 11.1. The lowest BCUT2D eigenvalue weighted by Crippen LogP contribution is -2.20. The van der Waals surface area contributed by atoms with Gasteiger partial charge in [-0.1, -0.05) is 74.0 Å². The van der Waals surface area contributed by atoms with Gasteiger partial charge < -0.3 is 5.11 Å². The van der Waals surface area contributed by atoms with Crippen molar-refractivity contribution in [2.45, 2.75) is 5.16 Å². The van der Waals surface area contributed by atoms with Gasteiger partial charge >= 0.3 is 0 Å². The summed E-state index contributed by atoms with van der Waals surface area (Å²) in [5, 5.41) is 23.3. The van der Waals surface area contributed by atoms with Gasteiger partial charge in [0.25, 0.3) is 5.91 Å². The SMILES string of the molecule is O=C(CSc1nnc(-c2ccccc2)n1-c1ccc(Br)cc1)NN=Cc1cc(Br)cc(Br)c1O. The molecule has 4 rings (SSSR count). The minimum Gasteiger partial charge on any atom is -0.506 e. The van der Waals surface area contributed by atoms with Crippen LogP contribution in [0, 0.1) is 0 Å². The third-order valence-corrected chi connectivity index (χ3v) is 7.05. The molecular weight excluding hydrogens is 650 g/mol. The smallest absolute Gasteiger partial charge is 0.250 e. The fourth-order valence-corrected chi connectivity index (χ4v) is 5.25. The summed E-state index contributed by atoms with van der Waals surface area (Å²) in [5.41, 5.74) is 4.73. The Morgan fingerprint density at radius 1 is 1.03 bits per heavy atom. The summed E-state index contributed by atoms with van der Waals surface area (Å²) in [7, 11) is 0. The molecule has 2 N–H and O–H groups in total. The van der Waals surface area contributed by atoms with Gasteiger partial charge in [0.2, 0.25) is 0 Å². The Hall–Kier alpha value is -2.47. The number of benzene rings is 3. The van der Waals surface area contributed by atoms with E-state index in [1.165, 1.54) is 18.0 Å². The number of aromatic hydroxyl groups is 1. The second-order valence-corrected chi connectivity index (χ2v) is 10.5. The first-order chi connectivity index (χ1) is 16.4. The van der Waals surface area contributed by atoms with Gasteiger partial charge in [0.05, 0.1) is 16.4 Å². The van der Waals surface area contributed by atoms with Crippen LogP contribution in [0.1, 0.15) is 5.56 Å². The molecule has 0 bridgehead atoms. The molecule has 0 fully saturated rings. The van der Waals surface area contributed by atoms with Crippen LogP contribution in [0.3, 0.4) is 0 Å². The second kappa shape index (κ2) is 11.3. The highest BCUT2D eigenvalue weighted by Gasteiger charge is 2.17. The molecule has 0 aliphatic rings. The van der Waals surface area contributed by atoms with Gasteiger partial charge in [-0.3, -0.25) is 9.36 Å². The summed E-state index contributed by atoms with van der Waals surface area (Å²) in [6.07, 6.45) is 1.38. The van der Waals surface area contributed by atoms with Crippen molar-refractivity contribution in [1.82, 2.24) is 20.2 Å². The Labute approximate surface area is 225 Å². The first-order valence-electron chi connectivity index (χ1n) is 9.82. The number of hydrogen-bond acceptors (Lipinski definition) is 6. The van der Waals surface area contributed by atoms with Crippen LogP contribution >= 0.6 is 59.6 Å². The van der Waals surface area contributed by atoms with Crippen molar-refractivity contribution in [2.75, 3.05) is 5.75 Å². The third kappa shape index (κ3) is 5.96. The molecule has 34 heavy (non-hydrogen) atoms. The summed E-state index contributed by atoms with van der Waals surface area (Å²) in [6.45, 7) is 0. The van der Waals surface area contributed by atoms with E-state index in [9.17, 15) is 9.90 Å². The van der Waals surface area contributed by atoms with E-state index < -0.39 is 0 Å². The number of carbonyl (C=O) groups is 1. The lowest BCUT2D eigenvalue weighted by Gasteiger charge is -2.10. The van der Waals surface area contributed by atoms with Gasteiger partial charge in [0, 0.05) is 25.8 Å². The standard InChI is InChI=1S/C23H16Br3N5O2S/c24-16-6-8-18(9-7-16)31-22(14-4-2-1-3-5-14)29-30-23(31)34-13-20(32)28-27-12-15-10-17(25)11-19(26)21(15)33/h1-12,33H,13H2,(H,28,32). The van der Waals surface area contributed by atoms with E-state index in [4.69, 9.17) is 0 Å². The Kier molecular flexibility index (Phi) is 8.19. The lowest BCUT2D eigenvalue weighted by molar-refractivity contribution is -0.118. The fourth-order valence-electron chi connectivity index (χ4n) is 2.98. The molecule has 0 aliphatic heterocycles. The van der Waals surface area contributed by atoms with Crippen molar-refractivity contribution in [3.63, 3.8) is 0 Å². The number of nitrogens with zero attached hydrogens (tertiary/aromatic N) is 4. The zero-order valence-corrected chi connectivity index (χ0v) is 22.9. The second-order valence-electron chi connectivity index (χ2n) is 6.89. The molecule has 0 saturated heterocycles. The van der Waals surface area contributed by atoms with E-state index in [2.05, 4.69) is 68.5 Å². The number of hydrazone groups is 1. The van der Waals surface area contributed by atoms with E-state index in [0.29, 0.717) is 21.0 Å². The molecule has 3 aromatic carbocycles. The minimum atomic E-state index is -0.318. The zero-order valence-electron chi connectivity index (χ0n) is 17.3. The van der Waals surface area contributed by atoms with E-state index in [1.54, 1.807) is 12.1 Å². The monoisotopic (exact) mass is 663 g/mol. The molecule has 0 atom stereocenters. The first kappa shape index (κ1) is 24.6. The number of halogens is 3. The summed E-state index contributed by atoms with van der Waals surface area (Å²) in [4.78, 5) is 12.4. The van der Waals surface area contributed by atoms with Gasteiger partial charge in [-0.05, 0) is 52.3 Å². The molecule has 1 aromatic heterocycles. The van der Waals surface area contributed by atoms with Gasteiger partial charge in [-0.15, -0.1) is 10.2 Å². The number of aromatic nitrogens is 3. The van der Waals surface area contributed by atoms with Crippen LogP contribution in [-0.2, 0) is 4.79 Å². The third-order valence-electron chi connectivity index (χ3n) is 4.53. The summed E-state index contributed by atoms with van der Waals surface area (Å²) in [5.74, 6) is 0.474. The number of phenols is 1. The van der Waals surface area contributed by atoms with Crippen molar-refractivity contribution in [1.29, 1.82) is 0 Å². The summed E-state index contributed by atoms with van der Waals surface area (Å²) >= 11 is 11.3. The molecule has 1 amide bonds. The number of rotatable bonds is 7. The maximum Gasteiger partial charge on any atom is 0.250 e. The topological polar surface area (TPSA) is 92.4 Å². The van der Waals surface area contributed by atoms with Crippen molar-refractivity contribution >= 4 is 71.7 Å². The molecule has 4 aromatic rings. The average Bonchev–Trinajstić information content (AvgIpc) is 3.26. The molecule has 0 spiro atoms. The number of thioether (sulfide) groups is 1. The van der Waals surface area contributed by atoms with E-state index in [-0.39, 0.29) is 17.4 Å². The van der Waals surface area contributed by atoms with Crippen molar-refractivity contribution < 1.29 is 9.90 Å². The van der Waals surface area contributed by atoms with Crippen LogP contribution in [0.4, 0.5) is 0 Å². The molecule has 0 aliphatic carbocycles. The quantitative estimate of drug-likeness (QED) is 0.140. The maximum absolute atomic E-state index is 12.4. The van der Waals surface area contributed by atoms with Gasteiger partial charge in [0.15, 0.2) is 11.0 Å². The Morgan fingerprint density at radius 2 is 1.76 bits per heavy atom. The maximum atomic E-state index is 12.4. The lowest BCUT2D eigenvalue weighted by atomic mass is 10.2. The summed E-state index contributed by atoms with van der Waals surface area (Å²) < 4.78 is 4.16. The van der Waals surface area contributed by atoms with Crippen molar-refractivity contribution in [3.8, 4) is 22.8 Å². The van der Waals surface area contributed by atoms with E-state index in [1.807, 2.05) is 59.2 Å². The largest absolute Gasteiger partial charge is 0.506 e. The molecule has 1 heterocycles. The molecule has 0 saturated carbocycles. The zero-order chi connectivity index (χ0) is 24.1. The van der Waals surface area contributed by atoms with Crippen LogP contribution in [0.5, 0.6) is 5.75 Å². The highest BCUT2D eigenvalue weighted by Crippen LogP contribution is 2.31. The summed E-state index contributed by atoms with van der Waals surface area (Å²) in [6, 6.07) is 20.9.